The van der Waals surface area contributed by atoms with Crippen LogP contribution in [0.15, 0.2) is 21.3 Å². The molecule has 4 heterocycles. The predicted molar refractivity (Wildman–Crippen MR) is 98.4 cm³/mol. The van der Waals surface area contributed by atoms with Gasteiger partial charge in [-0.2, -0.15) is 5.10 Å². The summed E-state index contributed by atoms with van der Waals surface area (Å²) in [5.74, 6) is 1.50. The van der Waals surface area contributed by atoms with Crippen LogP contribution >= 0.6 is 0 Å². The number of nitrogens with zero attached hydrogens (tertiary/aromatic N) is 4. The van der Waals surface area contributed by atoms with E-state index < -0.39 is 0 Å². The fourth-order valence-electron chi connectivity index (χ4n) is 3.94. The molecule has 1 atom stereocenters. The maximum absolute atomic E-state index is 12.9. The molecule has 1 aliphatic rings. The monoisotopic (exact) mass is 356 g/mol. The molecule has 0 aromatic carbocycles. The van der Waals surface area contributed by atoms with Crippen LogP contribution in [-0.4, -0.2) is 37.6 Å². The fourth-order valence-corrected chi connectivity index (χ4v) is 3.94. The third kappa shape index (κ3) is 2.62. The zero-order chi connectivity index (χ0) is 18.4. The molecule has 0 aliphatic carbocycles. The van der Waals surface area contributed by atoms with E-state index in [1.165, 1.54) is 4.68 Å². The highest BCUT2D eigenvalue weighted by Crippen LogP contribution is 2.23. The lowest BCUT2D eigenvalue weighted by atomic mass is 10.0. The van der Waals surface area contributed by atoms with Crippen molar-refractivity contribution in [2.45, 2.75) is 59.0 Å². The smallest absolute Gasteiger partial charge is 0.291 e. The van der Waals surface area contributed by atoms with Gasteiger partial charge in [0, 0.05) is 31.1 Å². The maximum atomic E-state index is 12.9. The average Bonchev–Trinajstić information content (AvgIpc) is 3.14. The van der Waals surface area contributed by atoms with Gasteiger partial charge in [0.2, 0.25) is 5.91 Å². The summed E-state index contributed by atoms with van der Waals surface area (Å²) in [7, 11) is 0. The Bertz CT molecular complexity index is 1040. The highest BCUT2D eigenvalue weighted by molar-refractivity contribution is 5.83. The van der Waals surface area contributed by atoms with E-state index in [-0.39, 0.29) is 24.1 Å². The van der Waals surface area contributed by atoms with Crippen LogP contribution in [0.3, 0.4) is 0 Å². The molecule has 3 aromatic heterocycles. The van der Waals surface area contributed by atoms with Crippen molar-refractivity contribution in [2.24, 2.45) is 0 Å². The Morgan fingerprint density at radius 3 is 2.85 bits per heavy atom. The number of carbonyl (C=O) groups is 1. The minimum Gasteiger partial charge on any atom is -0.460 e. The lowest BCUT2D eigenvalue weighted by Crippen LogP contribution is -2.45. The molecule has 0 unspecified atom stereocenters. The van der Waals surface area contributed by atoms with E-state index in [9.17, 15) is 9.59 Å². The molecule has 0 radical (unpaired) electrons. The van der Waals surface area contributed by atoms with Gasteiger partial charge in [-0.1, -0.05) is 6.92 Å². The number of furan rings is 1. The molecular formula is C19H24N4O3. The Labute approximate surface area is 151 Å². The normalized spacial score (nSPS) is 18.1. The van der Waals surface area contributed by atoms with Crippen LogP contribution in [-0.2, 0) is 17.8 Å². The molecule has 0 N–H and O–H groups in total. The molecule has 1 amide bonds. The number of amides is 1. The molecule has 1 fully saturated rings. The molecule has 3 aromatic rings. The minimum atomic E-state index is -0.260. The number of carbonyl (C=O) groups excluding carboxylic acids is 1. The molecule has 0 bridgehead atoms. The highest BCUT2D eigenvalue weighted by Gasteiger charge is 2.25. The van der Waals surface area contributed by atoms with Crippen LogP contribution in [0.25, 0.3) is 16.6 Å². The molecule has 4 rings (SSSR count). The molecule has 1 saturated heterocycles. The van der Waals surface area contributed by atoms with Gasteiger partial charge in [0.15, 0.2) is 5.58 Å². The summed E-state index contributed by atoms with van der Waals surface area (Å²) < 4.78 is 8.82. The summed E-state index contributed by atoms with van der Waals surface area (Å²) >= 11 is 0. The van der Waals surface area contributed by atoms with Gasteiger partial charge in [-0.25, -0.2) is 4.68 Å². The largest absolute Gasteiger partial charge is 0.460 e. The number of aryl methyl sites for hydroxylation is 2. The van der Waals surface area contributed by atoms with E-state index in [1.54, 1.807) is 6.07 Å². The third-order valence-corrected chi connectivity index (χ3v) is 5.29. The average molecular weight is 356 g/mol. The lowest BCUT2D eigenvalue weighted by Gasteiger charge is -2.33. The SMILES string of the molecule is CCc1nn(CC(=O)N2CCCC[C@@H]2C)c(=O)c2cc3oc(C)cc3n12. The van der Waals surface area contributed by atoms with Crippen LogP contribution in [0.1, 0.15) is 44.7 Å². The maximum Gasteiger partial charge on any atom is 0.291 e. The Hall–Kier alpha value is -2.57. The molecule has 0 saturated carbocycles. The summed E-state index contributed by atoms with van der Waals surface area (Å²) in [5, 5.41) is 4.49. The van der Waals surface area contributed by atoms with Gasteiger partial charge in [-0.05, 0) is 33.1 Å². The van der Waals surface area contributed by atoms with Crippen molar-refractivity contribution in [3.05, 3.63) is 34.1 Å². The van der Waals surface area contributed by atoms with Crippen molar-refractivity contribution in [1.29, 1.82) is 0 Å². The number of likely N-dealkylation sites (tertiary alicyclic amines) is 1. The number of piperidine rings is 1. The summed E-state index contributed by atoms with van der Waals surface area (Å²) in [6.45, 7) is 6.68. The molecular weight excluding hydrogens is 332 g/mol. The van der Waals surface area contributed by atoms with E-state index in [2.05, 4.69) is 12.0 Å². The summed E-state index contributed by atoms with van der Waals surface area (Å²) in [4.78, 5) is 27.5. The van der Waals surface area contributed by atoms with Gasteiger partial charge in [0.05, 0.1) is 5.52 Å². The highest BCUT2D eigenvalue weighted by atomic mass is 16.3. The first-order chi connectivity index (χ1) is 12.5. The predicted octanol–water partition coefficient (Wildman–Crippen LogP) is 2.51. The summed E-state index contributed by atoms with van der Waals surface area (Å²) in [5.41, 5.74) is 1.77. The second-order valence-electron chi connectivity index (χ2n) is 7.14. The zero-order valence-corrected chi connectivity index (χ0v) is 15.5. The van der Waals surface area contributed by atoms with E-state index in [1.807, 2.05) is 29.2 Å². The van der Waals surface area contributed by atoms with Crippen molar-refractivity contribution >= 4 is 22.5 Å². The van der Waals surface area contributed by atoms with E-state index in [0.29, 0.717) is 17.5 Å². The van der Waals surface area contributed by atoms with Crippen molar-refractivity contribution in [1.82, 2.24) is 19.1 Å². The number of fused-ring (bicyclic) bond motifs is 3. The standard InChI is InChI=1S/C19H24N4O3/c1-4-17-20-22(11-18(24)21-8-6-5-7-12(21)2)19(25)15-10-16-14(23(15)17)9-13(3)26-16/h9-10,12H,4-8,11H2,1-3H3/t12-/m0/s1. The van der Waals surface area contributed by atoms with Gasteiger partial charge in [0.1, 0.15) is 23.6 Å². The molecule has 0 spiro atoms. The van der Waals surface area contributed by atoms with Crippen LogP contribution in [0, 0.1) is 6.92 Å². The van der Waals surface area contributed by atoms with E-state index in [4.69, 9.17) is 4.42 Å². The van der Waals surface area contributed by atoms with E-state index >= 15 is 0 Å². The van der Waals surface area contributed by atoms with Crippen LogP contribution in [0.2, 0.25) is 0 Å². The molecule has 1 aliphatic heterocycles. The number of hydrogen-bond donors (Lipinski definition) is 0. The van der Waals surface area contributed by atoms with Crippen molar-refractivity contribution in [3.63, 3.8) is 0 Å². The lowest BCUT2D eigenvalue weighted by molar-refractivity contribution is -0.135. The summed E-state index contributed by atoms with van der Waals surface area (Å²) in [6.07, 6.45) is 3.84. The third-order valence-electron chi connectivity index (χ3n) is 5.29. The van der Waals surface area contributed by atoms with Gasteiger partial charge in [-0.3, -0.25) is 14.0 Å². The second kappa shape index (κ2) is 6.30. The van der Waals surface area contributed by atoms with Crippen LogP contribution < -0.4 is 5.56 Å². The Morgan fingerprint density at radius 2 is 2.12 bits per heavy atom. The quantitative estimate of drug-likeness (QED) is 0.723. The summed E-state index contributed by atoms with van der Waals surface area (Å²) in [6, 6.07) is 3.88. The Kier molecular flexibility index (Phi) is 4.09. The first kappa shape index (κ1) is 16.9. The molecule has 26 heavy (non-hydrogen) atoms. The first-order valence-electron chi connectivity index (χ1n) is 9.30. The molecule has 7 heteroatoms. The van der Waals surface area contributed by atoms with Crippen molar-refractivity contribution < 1.29 is 9.21 Å². The topological polar surface area (TPSA) is 72.8 Å². The Balaban J connectivity index is 1.77. The first-order valence-corrected chi connectivity index (χ1v) is 9.30. The zero-order valence-electron chi connectivity index (χ0n) is 15.5. The Morgan fingerprint density at radius 1 is 1.31 bits per heavy atom. The van der Waals surface area contributed by atoms with Crippen LogP contribution in [0.4, 0.5) is 0 Å². The van der Waals surface area contributed by atoms with Gasteiger partial charge >= 0.3 is 0 Å². The molecule has 7 nitrogen and oxygen atoms in total. The van der Waals surface area contributed by atoms with Gasteiger partial charge in [0.25, 0.3) is 5.56 Å². The van der Waals surface area contributed by atoms with Crippen molar-refractivity contribution in [2.75, 3.05) is 6.54 Å². The van der Waals surface area contributed by atoms with Crippen molar-refractivity contribution in [3.8, 4) is 0 Å². The second-order valence-corrected chi connectivity index (χ2v) is 7.14. The number of hydrogen-bond acceptors (Lipinski definition) is 4. The van der Waals surface area contributed by atoms with Crippen LogP contribution in [0.5, 0.6) is 0 Å². The van der Waals surface area contributed by atoms with E-state index in [0.717, 1.165) is 42.9 Å². The number of rotatable bonds is 3. The molecule has 138 valence electrons. The van der Waals surface area contributed by atoms with Gasteiger partial charge in [-0.15, -0.1) is 0 Å². The minimum absolute atomic E-state index is 0.0156. The fraction of sp³-hybridized carbons (Fsp3) is 0.526. The number of aromatic nitrogens is 3. The van der Waals surface area contributed by atoms with Gasteiger partial charge < -0.3 is 9.32 Å².